The van der Waals surface area contributed by atoms with Crippen LogP contribution in [0.1, 0.15) is 7.43 Å². The van der Waals surface area contributed by atoms with Crippen LogP contribution in [0.3, 0.4) is 0 Å². The smallest absolute Gasteiger partial charge is 0.0776 e. The highest BCUT2D eigenvalue weighted by Crippen LogP contribution is 2.00. The molecular weight excluding hydrogens is 83.0 g/mol. The van der Waals surface area contributed by atoms with Gasteiger partial charge in [-0.25, -0.2) is 0 Å². The molecule has 0 saturated heterocycles. The Kier molecular flexibility index (Phi) is 7.32. The molecule has 5 heavy (non-hydrogen) atoms. The van der Waals surface area contributed by atoms with Gasteiger partial charge >= 0.3 is 7.80 Å². The van der Waals surface area contributed by atoms with E-state index >= 15 is 0 Å². The van der Waals surface area contributed by atoms with Crippen molar-refractivity contribution in [2.45, 2.75) is 7.43 Å². The average Bonchev–Trinajstić information content (AvgIpc) is 0.811. The van der Waals surface area contributed by atoms with Crippen LogP contribution in [0.4, 0.5) is 0 Å². The molecule has 0 spiro atoms. The Balaban J connectivity index is 0. The van der Waals surface area contributed by atoms with E-state index in [2.05, 4.69) is 0 Å². The van der Waals surface area contributed by atoms with Crippen molar-refractivity contribution in [1.82, 2.24) is 0 Å². The Morgan fingerprint density at radius 2 is 1.40 bits per heavy atom. The molecule has 0 aliphatic heterocycles. The standard InChI is InChI=1S/C2H6OP.CH4/c1-4(2)3;/h1-2H3;1H4/q+1;. The number of rotatable bonds is 0. The topological polar surface area (TPSA) is 17.1 Å². The maximum Gasteiger partial charge on any atom is 0.332 e. The summed E-state index contributed by atoms with van der Waals surface area (Å²) in [5, 5.41) is 0. The lowest BCUT2D eigenvalue weighted by Gasteiger charge is -1.37. The van der Waals surface area contributed by atoms with Gasteiger partial charge in [-0.15, -0.1) is 0 Å². The van der Waals surface area contributed by atoms with E-state index in [9.17, 15) is 4.57 Å². The molecular formula is C3H10OP+. The third kappa shape index (κ3) is 1810. The highest BCUT2D eigenvalue weighted by atomic mass is 31.1. The second-order valence-electron chi connectivity index (χ2n) is 0.812. The predicted octanol–water partition coefficient (Wildman–Crippen LogP) is 1.71. The normalized spacial score (nSPS) is 5.20. The van der Waals surface area contributed by atoms with E-state index < -0.39 is 7.80 Å². The van der Waals surface area contributed by atoms with E-state index in [1.165, 1.54) is 0 Å². The monoisotopic (exact) mass is 93.0 g/mol. The SMILES string of the molecule is C.C[P+](C)=O. The van der Waals surface area contributed by atoms with Gasteiger partial charge in [-0.1, -0.05) is 12.0 Å². The highest BCUT2D eigenvalue weighted by Gasteiger charge is 1.80. The Labute approximate surface area is 34.2 Å². The molecule has 0 unspecified atom stereocenters. The lowest BCUT2D eigenvalue weighted by molar-refractivity contribution is 0.594. The Bertz CT molecular complexity index is 29.9. The third-order valence-corrected chi connectivity index (χ3v) is 0. The van der Waals surface area contributed by atoms with Gasteiger partial charge in [0.25, 0.3) is 0 Å². The van der Waals surface area contributed by atoms with Gasteiger partial charge in [0, 0.05) is 0 Å². The largest absolute Gasteiger partial charge is 0.332 e. The molecule has 2 heteroatoms. The fourth-order valence-electron chi connectivity index (χ4n) is 0. The number of hydrogen-bond acceptors (Lipinski definition) is 1. The van der Waals surface area contributed by atoms with Gasteiger partial charge in [0.15, 0.2) is 0 Å². The van der Waals surface area contributed by atoms with Crippen molar-refractivity contribution < 1.29 is 4.57 Å². The molecule has 0 N–H and O–H groups in total. The van der Waals surface area contributed by atoms with Crippen LogP contribution in [-0.4, -0.2) is 13.3 Å². The fraction of sp³-hybridized carbons (Fsp3) is 1.00. The molecule has 0 aromatic rings. The molecule has 0 aromatic heterocycles. The minimum absolute atomic E-state index is 0. The zero-order valence-corrected chi connectivity index (χ0v) is 3.75. The molecule has 0 atom stereocenters. The van der Waals surface area contributed by atoms with E-state index in [0.29, 0.717) is 0 Å². The van der Waals surface area contributed by atoms with E-state index in [4.69, 9.17) is 0 Å². The molecule has 0 aromatic carbocycles. The van der Waals surface area contributed by atoms with Crippen LogP contribution >= 0.6 is 7.80 Å². The Morgan fingerprint density at radius 1 is 1.40 bits per heavy atom. The first-order valence-corrected chi connectivity index (χ1v) is 3.23. The molecule has 0 rings (SSSR count). The molecule has 1 nitrogen and oxygen atoms in total. The first kappa shape index (κ1) is 8.92. The van der Waals surface area contributed by atoms with Gasteiger partial charge in [0.2, 0.25) is 0 Å². The van der Waals surface area contributed by atoms with Crippen molar-refractivity contribution >= 4 is 7.80 Å². The summed E-state index contributed by atoms with van der Waals surface area (Å²) < 4.78 is 9.59. The van der Waals surface area contributed by atoms with Crippen LogP contribution in [0.25, 0.3) is 0 Å². The zero-order valence-electron chi connectivity index (χ0n) is 2.86. The van der Waals surface area contributed by atoms with Crippen LogP contribution in [0.15, 0.2) is 0 Å². The fourth-order valence-corrected chi connectivity index (χ4v) is 0. The second kappa shape index (κ2) is 4.10. The van der Waals surface area contributed by atoms with Gasteiger partial charge in [-0.2, -0.15) is 0 Å². The van der Waals surface area contributed by atoms with E-state index in [1.807, 2.05) is 0 Å². The van der Waals surface area contributed by atoms with E-state index in [1.54, 1.807) is 13.3 Å². The lowest BCUT2D eigenvalue weighted by atomic mass is 11.9. The highest BCUT2D eigenvalue weighted by molar-refractivity contribution is 7.42. The van der Waals surface area contributed by atoms with Crippen LogP contribution in [0.5, 0.6) is 0 Å². The quantitative estimate of drug-likeness (QED) is 0.416. The molecule has 0 aliphatic carbocycles. The summed E-state index contributed by atoms with van der Waals surface area (Å²) in [7, 11) is -0.870. The van der Waals surface area contributed by atoms with Crippen molar-refractivity contribution in [3.63, 3.8) is 0 Å². The summed E-state index contributed by atoms with van der Waals surface area (Å²) in [5.74, 6) is 0. The van der Waals surface area contributed by atoms with Gasteiger partial charge in [0.05, 0.1) is 0 Å². The Morgan fingerprint density at radius 3 is 1.40 bits per heavy atom. The van der Waals surface area contributed by atoms with Crippen molar-refractivity contribution in [2.75, 3.05) is 13.3 Å². The molecule has 0 aliphatic rings. The molecule has 0 amide bonds. The summed E-state index contributed by atoms with van der Waals surface area (Å²) in [4.78, 5) is 0. The molecule has 0 saturated carbocycles. The third-order valence-electron chi connectivity index (χ3n) is 0. The van der Waals surface area contributed by atoms with Crippen molar-refractivity contribution in [1.29, 1.82) is 0 Å². The molecule has 0 bridgehead atoms. The zero-order chi connectivity index (χ0) is 3.58. The average molecular weight is 93.1 g/mol. The maximum atomic E-state index is 9.59. The summed E-state index contributed by atoms with van der Waals surface area (Å²) in [6, 6.07) is 0. The van der Waals surface area contributed by atoms with Gasteiger partial charge in [0.1, 0.15) is 13.3 Å². The first-order valence-electron chi connectivity index (χ1n) is 1.08. The maximum absolute atomic E-state index is 9.59. The van der Waals surface area contributed by atoms with Crippen LogP contribution in [0, 0.1) is 0 Å². The van der Waals surface area contributed by atoms with Gasteiger partial charge in [-0.05, 0) is 0 Å². The minimum Gasteiger partial charge on any atom is -0.0776 e. The number of hydrogen-bond donors (Lipinski definition) is 0. The van der Waals surface area contributed by atoms with Crippen LogP contribution in [0.2, 0.25) is 0 Å². The second-order valence-corrected chi connectivity index (χ2v) is 2.44. The van der Waals surface area contributed by atoms with E-state index in [0.717, 1.165) is 0 Å². The van der Waals surface area contributed by atoms with E-state index in [-0.39, 0.29) is 7.43 Å². The Hall–Kier alpha value is 0.100. The van der Waals surface area contributed by atoms with Crippen LogP contribution in [-0.2, 0) is 4.57 Å². The lowest BCUT2D eigenvalue weighted by Crippen LogP contribution is -1.33. The van der Waals surface area contributed by atoms with Crippen molar-refractivity contribution in [3.05, 3.63) is 0 Å². The molecule has 32 valence electrons. The first-order chi connectivity index (χ1) is 1.73. The summed E-state index contributed by atoms with van der Waals surface area (Å²) in [6.07, 6.45) is 0. The molecule has 0 radical (unpaired) electrons. The summed E-state index contributed by atoms with van der Waals surface area (Å²) in [6.45, 7) is 3.35. The predicted molar refractivity (Wildman–Crippen MR) is 26.2 cm³/mol. The van der Waals surface area contributed by atoms with Crippen molar-refractivity contribution in [2.24, 2.45) is 0 Å². The molecule has 0 fully saturated rings. The van der Waals surface area contributed by atoms with Gasteiger partial charge < -0.3 is 0 Å². The van der Waals surface area contributed by atoms with Crippen LogP contribution < -0.4 is 0 Å². The van der Waals surface area contributed by atoms with Gasteiger partial charge in [-0.3, -0.25) is 0 Å². The van der Waals surface area contributed by atoms with Crippen molar-refractivity contribution in [3.8, 4) is 0 Å². The minimum atomic E-state index is -0.870. The summed E-state index contributed by atoms with van der Waals surface area (Å²) in [5.41, 5.74) is 0. The molecule has 0 heterocycles. The summed E-state index contributed by atoms with van der Waals surface area (Å²) >= 11 is 0.